The first-order valence-electron chi connectivity index (χ1n) is 4.17. The molecule has 0 bridgehead atoms. The van der Waals surface area contributed by atoms with Crippen LogP contribution in [0.25, 0.3) is 0 Å². The van der Waals surface area contributed by atoms with Gasteiger partial charge in [0.25, 0.3) is 5.91 Å². The van der Waals surface area contributed by atoms with Crippen LogP contribution in [0.15, 0.2) is 24.3 Å². The van der Waals surface area contributed by atoms with Gasteiger partial charge in [0, 0.05) is 12.6 Å². The van der Waals surface area contributed by atoms with Crippen molar-refractivity contribution in [3.63, 3.8) is 0 Å². The van der Waals surface area contributed by atoms with E-state index in [4.69, 9.17) is 0 Å². The van der Waals surface area contributed by atoms with Gasteiger partial charge in [-0.25, -0.2) is 0 Å². The van der Waals surface area contributed by atoms with Crippen molar-refractivity contribution in [2.45, 2.75) is 6.92 Å². The summed E-state index contributed by atoms with van der Waals surface area (Å²) >= 11 is 0.860. The van der Waals surface area contributed by atoms with Crippen molar-refractivity contribution in [1.29, 1.82) is 0 Å². The van der Waals surface area contributed by atoms with Crippen LogP contribution in [0.1, 0.15) is 16.6 Å². The molecule has 0 saturated heterocycles. The fourth-order valence-corrected chi connectivity index (χ4v) is 1.60. The lowest BCUT2D eigenvalue weighted by Crippen LogP contribution is -2.23. The maximum Gasteiger partial charge on any atom is 0.324 e. The summed E-state index contributed by atoms with van der Waals surface area (Å²) in [6.07, 6.45) is 0. The molecule has 0 atom stereocenters. The number of carbonyl (C=O) groups excluding carboxylic acids is 1. The molecule has 0 aliphatic rings. The Labute approximate surface area is 90.6 Å². The van der Waals surface area contributed by atoms with Gasteiger partial charge in [-0.2, -0.15) is 0 Å². The third kappa shape index (κ3) is 3.17. The third-order valence-corrected chi connectivity index (χ3v) is 2.58. The van der Waals surface area contributed by atoms with E-state index >= 15 is 0 Å². The molecule has 1 N–H and O–H groups in total. The Balaban J connectivity index is 2.66. The molecule has 5 nitrogen and oxygen atoms in total. The van der Waals surface area contributed by atoms with Crippen molar-refractivity contribution in [1.82, 2.24) is 5.32 Å². The number of carbonyl (C=O) groups is 1. The van der Waals surface area contributed by atoms with Gasteiger partial charge in [-0.1, -0.05) is 23.5 Å². The Hall–Kier alpha value is -1.69. The lowest BCUT2D eigenvalue weighted by atomic mass is 10.3. The second kappa shape index (κ2) is 4.70. The number of thiophene rings is 1. The maximum absolute atomic E-state index is 11.4. The Bertz CT molecular complexity index is 411. The Kier molecular flexibility index (Phi) is 3.56. The van der Waals surface area contributed by atoms with Crippen molar-refractivity contribution in [3.05, 3.63) is 39.3 Å². The van der Waals surface area contributed by atoms with E-state index in [9.17, 15) is 14.9 Å². The zero-order valence-corrected chi connectivity index (χ0v) is 8.97. The number of nitrogens with zero attached hydrogens (tertiary/aromatic N) is 1. The van der Waals surface area contributed by atoms with Gasteiger partial charge < -0.3 is 5.32 Å². The Morgan fingerprint density at radius 3 is 2.80 bits per heavy atom. The topological polar surface area (TPSA) is 72.2 Å². The summed E-state index contributed by atoms with van der Waals surface area (Å²) in [6, 6.07) is 2.76. The molecular formula is C9H10N2O3S. The van der Waals surface area contributed by atoms with E-state index in [1.165, 1.54) is 12.1 Å². The highest BCUT2D eigenvalue weighted by atomic mass is 32.1. The van der Waals surface area contributed by atoms with Crippen LogP contribution in [-0.4, -0.2) is 17.4 Å². The van der Waals surface area contributed by atoms with E-state index in [2.05, 4.69) is 11.9 Å². The van der Waals surface area contributed by atoms with Crippen LogP contribution in [0.4, 0.5) is 5.00 Å². The quantitative estimate of drug-likeness (QED) is 0.484. The first kappa shape index (κ1) is 11.4. The zero-order chi connectivity index (χ0) is 11.4. The minimum atomic E-state index is -0.514. The molecule has 0 radical (unpaired) electrons. The van der Waals surface area contributed by atoms with Crippen LogP contribution in [0.5, 0.6) is 0 Å². The molecule has 0 spiro atoms. The molecule has 15 heavy (non-hydrogen) atoms. The Morgan fingerprint density at radius 1 is 1.67 bits per heavy atom. The van der Waals surface area contributed by atoms with E-state index in [1.54, 1.807) is 6.92 Å². The second-order valence-corrected chi connectivity index (χ2v) is 4.10. The van der Waals surface area contributed by atoms with E-state index in [0.29, 0.717) is 11.4 Å². The Morgan fingerprint density at radius 2 is 2.33 bits per heavy atom. The van der Waals surface area contributed by atoms with E-state index in [1.807, 2.05) is 0 Å². The smallest absolute Gasteiger partial charge is 0.324 e. The van der Waals surface area contributed by atoms with Gasteiger partial charge in [-0.15, -0.1) is 0 Å². The molecule has 1 amide bonds. The largest absolute Gasteiger partial charge is 0.348 e. The zero-order valence-electron chi connectivity index (χ0n) is 8.15. The summed E-state index contributed by atoms with van der Waals surface area (Å²) in [6.45, 7) is 5.80. The van der Waals surface area contributed by atoms with E-state index < -0.39 is 4.92 Å². The first-order valence-corrected chi connectivity index (χ1v) is 4.99. The lowest BCUT2D eigenvalue weighted by Gasteiger charge is -2.00. The van der Waals surface area contributed by atoms with Crippen LogP contribution in [0.2, 0.25) is 0 Å². The van der Waals surface area contributed by atoms with E-state index in [0.717, 1.165) is 16.9 Å². The molecule has 0 aliphatic carbocycles. The van der Waals surface area contributed by atoms with Gasteiger partial charge in [-0.05, 0) is 13.0 Å². The van der Waals surface area contributed by atoms with Crippen molar-refractivity contribution in [2.24, 2.45) is 0 Å². The molecular weight excluding hydrogens is 216 g/mol. The number of hydrogen-bond acceptors (Lipinski definition) is 4. The van der Waals surface area contributed by atoms with Gasteiger partial charge in [0.2, 0.25) is 0 Å². The predicted molar refractivity (Wildman–Crippen MR) is 58.1 cm³/mol. The molecule has 0 aliphatic heterocycles. The van der Waals surface area contributed by atoms with Gasteiger partial charge in [0.15, 0.2) is 0 Å². The van der Waals surface area contributed by atoms with Crippen molar-refractivity contribution < 1.29 is 9.72 Å². The van der Waals surface area contributed by atoms with Gasteiger partial charge in [0.1, 0.15) is 0 Å². The van der Waals surface area contributed by atoms with Gasteiger partial charge in [-0.3, -0.25) is 14.9 Å². The fraction of sp³-hybridized carbons (Fsp3) is 0.222. The molecule has 1 rings (SSSR count). The SMILES string of the molecule is C=C(C)CNC(=O)c1ccc([N+](=O)[O-])s1. The highest BCUT2D eigenvalue weighted by Gasteiger charge is 2.14. The summed E-state index contributed by atoms with van der Waals surface area (Å²) in [5.41, 5.74) is 0.828. The molecule has 80 valence electrons. The monoisotopic (exact) mass is 226 g/mol. The fourth-order valence-electron chi connectivity index (χ4n) is 0.866. The molecule has 0 unspecified atom stereocenters. The number of hydrogen-bond donors (Lipinski definition) is 1. The minimum absolute atomic E-state index is 0.0320. The number of amides is 1. The average molecular weight is 226 g/mol. The second-order valence-electron chi connectivity index (χ2n) is 3.03. The highest BCUT2D eigenvalue weighted by Crippen LogP contribution is 2.23. The normalized spacial score (nSPS) is 9.67. The van der Waals surface area contributed by atoms with Crippen LogP contribution in [0.3, 0.4) is 0 Å². The van der Waals surface area contributed by atoms with Crippen molar-refractivity contribution >= 4 is 22.2 Å². The minimum Gasteiger partial charge on any atom is -0.348 e. The molecule has 0 saturated carbocycles. The van der Waals surface area contributed by atoms with Crippen LogP contribution < -0.4 is 5.32 Å². The summed E-state index contributed by atoms with van der Waals surface area (Å²) in [5.74, 6) is -0.309. The molecule has 1 heterocycles. The van der Waals surface area contributed by atoms with Crippen LogP contribution in [-0.2, 0) is 0 Å². The number of nitro groups is 1. The van der Waals surface area contributed by atoms with E-state index in [-0.39, 0.29) is 10.9 Å². The summed E-state index contributed by atoms with van der Waals surface area (Å²) < 4.78 is 0. The number of nitrogens with one attached hydrogen (secondary N) is 1. The number of rotatable bonds is 4. The maximum atomic E-state index is 11.4. The lowest BCUT2D eigenvalue weighted by molar-refractivity contribution is -0.380. The molecule has 0 aromatic carbocycles. The summed E-state index contributed by atoms with van der Waals surface area (Å²) in [4.78, 5) is 21.6. The third-order valence-electron chi connectivity index (χ3n) is 1.55. The molecule has 6 heteroatoms. The van der Waals surface area contributed by atoms with Crippen LogP contribution >= 0.6 is 11.3 Å². The van der Waals surface area contributed by atoms with Gasteiger partial charge >= 0.3 is 5.00 Å². The summed E-state index contributed by atoms with van der Waals surface area (Å²) in [5, 5.41) is 12.9. The summed E-state index contributed by atoms with van der Waals surface area (Å²) in [7, 11) is 0. The van der Waals surface area contributed by atoms with Crippen molar-refractivity contribution in [3.8, 4) is 0 Å². The van der Waals surface area contributed by atoms with Gasteiger partial charge in [0.05, 0.1) is 9.80 Å². The average Bonchev–Trinajstić information content (AvgIpc) is 2.62. The van der Waals surface area contributed by atoms with Crippen molar-refractivity contribution in [2.75, 3.05) is 6.54 Å². The standard InChI is InChI=1S/C9H10N2O3S/c1-6(2)5-10-9(12)7-3-4-8(15-7)11(13)14/h3-4H,1,5H2,2H3,(H,10,12). The van der Waals surface area contributed by atoms with Crippen LogP contribution in [0, 0.1) is 10.1 Å². The molecule has 0 fully saturated rings. The predicted octanol–water partition coefficient (Wildman–Crippen LogP) is 1.96. The molecule has 1 aromatic rings. The molecule has 1 aromatic heterocycles. The first-order chi connectivity index (χ1) is 7.00. The highest BCUT2D eigenvalue weighted by molar-refractivity contribution is 7.17.